The second kappa shape index (κ2) is 4.27. The molecule has 0 aromatic heterocycles. The Morgan fingerprint density at radius 1 is 1.36 bits per heavy atom. The Bertz CT molecular complexity index is 327. The monoisotopic (exact) mass is 195 g/mol. The molecule has 0 atom stereocenters. The molecule has 1 aromatic rings. The van der Waals surface area contributed by atoms with Crippen LogP contribution >= 0.6 is 0 Å². The standard InChI is InChI=1S/C9H9NO4/c1-6(11)14-8-5-3-2-4-7(8)10-9(12)13/h2-5,10H,1H3,(H,12,13). The molecule has 1 amide bonds. The van der Waals surface area contributed by atoms with E-state index in [1.54, 1.807) is 12.1 Å². The van der Waals surface area contributed by atoms with Gasteiger partial charge in [-0.2, -0.15) is 0 Å². The number of carboxylic acid groups (broad SMARTS) is 1. The van der Waals surface area contributed by atoms with E-state index < -0.39 is 12.1 Å². The van der Waals surface area contributed by atoms with Crippen LogP contribution in [0, 0.1) is 0 Å². The van der Waals surface area contributed by atoms with Crippen LogP contribution in [0.3, 0.4) is 0 Å². The van der Waals surface area contributed by atoms with Crippen molar-refractivity contribution in [2.75, 3.05) is 5.32 Å². The Morgan fingerprint density at radius 2 is 2.00 bits per heavy atom. The maximum atomic E-state index is 10.7. The number of carbonyl (C=O) groups excluding carboxylic acids is 1. The van der Waals surface area contributed by atoms with E-state index in [1.165, 1.54) is 19.1 Å². The van der Waals surface area contributed by atoms with Crippen LogP contribution < -0.4 is 10.1 Å². The highest BCUT2D eigenvalue weighted by atomic mass is 16.5. The SMILES string of the molecule is CC(=O)Oc1ccccc1NC(=O)O. The summed E-state index contributed by atoms with van der Waals surface area (Å²) in [4.78, 5) is 21.0. The van der Waals surface area contributed by atoms with Gasteiger partial charge in [0.25, 0.3) is 0 Å². The Kier molecular flexibility index (Phi) is 3.06. The van der Waals surface area contributed by atoms with Gasteiger partial charge in [0.2, 0.25) is 0 Å². The van der Waals surface area contributed by atoms with Crippen molar-refractivity contribution in [2.45, 2.75) is 6.92 Å². The number of rotatable bonds is 2. The average Bonchev–Trinajstić information content (AvgIpc) is 2.06. The fraction of sp³-hybridized carbons (Fsp3) is 0.111. The van der Waals surface area contributed by atoms with Crippen molar-refractivity contribution in [3.63, 3.8) is 0 Å². The van der Waals surface area contributed by atoms with E-state index in [0.29, 0.717) is 0 Å². The summed E-state index contributed by atoms with van der Waals surface area (Å²) in [6.45, 7) is 1.25. The second-order valence-corrected chi connectivity index (χ2v) is 2.52. The smallest absolute Gasteiger partial charge is 0.409 e. The van der Waals surface area contributed by atoms with Crippen LogP contribution in [0.15, 0.2) is 24.3 Å². The number of carbonyl (C=O) groups is 2. The van der Waals surface area contributed by atoms with E-state index >= 15 is 0 Å². The minimum absolute atomic E-state index is 0.197. The molecular weight excluding hydrogens is 186 g/mol. The number of ether oxygens (including phenoxy) is 1. The lowest BCUT2D eigenvalue weighted by Gasteiger charge is -2.07. The molecule has 0 bridgehead atoms. The Balaban J connectivity index is 2.90. The van der Waals surface area contributed by atoms with Crippen molar-refractivity contribution >= 4 is 17.7 Å². The van der Waals surface area contributed by atoms with Crippen molar-refractivity contribution in [1.82, 2.24) is 0 Å². The molecule has 1 aromatic carbocycles. The van der Waals surface area contributed by atoms with Crippen LogP contribution in [0.5, 0.6) is 5.75 Å². The zero-order valence-corrected chi connectivity index (χ0v) is 7.48. The molecule has 0 aliphatic rings. The van der Waals surface area contributed by atoms with Gasteiger partial charge >= 0.3 is 12.1 Å². The van der Waals surface area contributed by atoms with Gasteiger partial charge in [-0.3, -0.25) is 10.1 Å². The van der Waals surface area contributed by atoms with E-state index in [-0.39, 0.29) is 11.4 Å². The minimum Gasteiger partial charge on any atom is -0.465 e. The van der Waals surface area contributed by atoms with Crippen molar-refractivity contribution < 1.29 is 19.4 Å². The molecule has 0 spiro atoms. The van der Waals surface area contributed by atoms with E-state index in [9.17, 15) is 9.59 Å². The third kappa shape index (κ3) is 2.78. The van der Waals surface area contributed by atoms with Gasteiger partial charge in [0.1, 0.15) is 0 Å². The molecule has 0 aliphatic heterocycles. The summed E-state index contributed by atoms with van der Waals surface area (Å²) in [6, 6.07) is 6.29. The molecule has 74 valence electrons. The maximum Gasteiger partial charge on any atom is 0.409 e. The molecule has 0 aliphatic carbocycles. The summed E-state index contributed by atoms with van der Waals surface area (Å²) in [5.74, 6) is -0.299. The molecule has 0 saturated carbocycles. The third-order valence-electron chi connectivity index (χ3n) is 1.38. The quantitative estimate of drug-likeness (QED) is 0.556. The molecule has 14 heavy (non-hydrogen) atoms. The highest BCUT2D eigenvalue weighted by Crippen LogP contribution is 2.23. The molecule has 5 heteroatoms. The third-order valence-corrected chi connectivity index (χ3v) is 1.38. The number of amides is 1. The second-order valence-electron chi connectivity index (χ2n) is 2.52. The summed E-state index contributed by atoms with van der Waals surface area (Å²) >= 11 is 0. The Morgan fingerprint density at radius 3 is 2.57 bits per heavy atom. The fourth-order valence-electron chi connectivity index (χ4n) is 0.929. The van der Waals surface area contributed by atoms with Crippen LogP contribution in [0.2, 0.25) is 0 Å². The highest BCUT2D eigenvalue weighted by molar-refractivity contribution is 5.86. The van der Waals surface area contributed by atoms with Crippen molar-refractivity contribution in [1.29, 1.82) is 0 Å². The fourth-order valence-corrected chi connectivity index (χ4v) is 0.929. The number of benzene rings is 1. The van der Waals surface area contributed by atoms with E-state index in [1.807, 2.05) is 0 Å². The number of hydrogen-bond donors (Lipinski definition) is 2. The van der Waals surface area contributed by atoms with Crippen molar-refractivity contribution in [3.8, 4) is 5.75 Å². The molecule has 2 N–H and O–H groups in total. The van der Waals surface area contributed by atoms with Crippen LogP contribution in [0.25, 0.3) is 0 Å². The first-order valence-corrected chi connectivity index (χ1v) is 3.87. The van der Waals surface area contributed by atoms with Crippen LogP contribution in [0.4, 0.5) is 10.5 Å². The summed E-state index contributed by atoms with van der Waals surface area (Å²) in [6.07, 6.45) is -1.20. The van der Waals surface area contributed by atoms with E-state index in [0.717, 1.165) is 0 Å². The highest BCUT2D eigenvalue weighted by Gasteiger charge is 2.06. The molecule has 5 nitrogen and oxygen atoms in total. The number of anilines is 1. The van der Waals surface area contributed by atoms with Crippen LogP contribution in [-0.4, -0.2) is 17.2 Å². The van der Waals surface area contributed by atoms with Gasteiger partial charge in [-0.25, -0.2) is 4.79 Å². The number of para-hydroxylation sites is 2. The summed E-state index contributed by atoms with van der Waals surface area (Å²) in [5, 5.41) is 10.6. The van der Waals surface area contributed by atoms with Gasteiger partial charge in [0.15, 0.2) is 5.75 Å². The van der Waals surface area contributed by atoms with Gasteiger partial charge < -0.3 is 9.84 Å². The first-order valence-electron chi connectivity index (χ1n) is 3.87. The summed E-state index contributed by atoms with van der Waals surface area (Å²) in [7, 11) is 0. The molecule has 0 fully saturated rings. The molecule has 0 heterocycles. The first-order chi connectivity index (χ1) is 6.59. The zero-order valence-electron chi connectivity index (χ0n) is 7.48. The number of esters is 1. The van der Waals surface area contributed by atoms with Gasteiger partial charge in [-0.05, 0) is 12.1 Å². The van der Waals surface area contributed by atoms with Gasteiger partial charge in [-0.15, -0.1) is 0 Å². The molecular formula is C9H9NO4. The molecule has 1 rings (SSSR count). The van der Waals surface area contributed by atoms with E-state index in [2.05, 4.69) is 5.32 Å². The van der Waals surface area contributed by atoms with Crippen molar-refractivity contribution in [2.24, 2.45) is 0 Å². The lowest BCUT2D eigenvalue weighted by atomic mass is 10.3. The predicted octanol–water partition coefficient (Wildman–Crippen LogP) is 1.70. The summed E-state index contributed by atoms with van der Waals surface area (Å²) in [5.41, 5.74) is 0.246. The maximum absolute atomic E-state index is 10.7. The molecule has 0 saturated heterocycles. The summed E-state index contributed by atoms with van der Waals surface area (Å²) < 4.78 is 4.78. The Labute approximate surface area is 80.3 Å². The van der Waals surface area contributed by atoms with Crippen LogP contribution in [0.1, 0.15) is 6.92 Å². The topological polar surface area (TPSA) is 75.6 Å². The number of hydrogen-bond acceptors (Lipinski definition) is 3. The number of nitrogens with one attached hydrogen (secondary N) is 1. The van der Waals surface area contributed by atoms with Gasteiger partial charge in [0.05, 0.1) is 5.69 Å². The van der Waals surface area contributed by atoms with Crippen LogP contribution in [-0.2, 0) is 4.79 Å². The average molecular weight is 195 g/mol. The minimum atomic E-state index is -1.20. The van der Waals surface area contributed by atoms with Crippen molar-refractivity contribution in [3.05, 3.63) is 24.3 Å². The Hall–Kier alpha value is -2.04. The zero-order chi connectivity index (χ0) is 10.6. The molecule has 0 unspecified atom stereocenters. The van der Waals surface area contributed by atoms with Gasteiger partial charge in [0, 0.05) is 6.92 Å². The van der Waals surface area contributed by atoms with E-state index in [4.69, 9.17) is 9.84 Å². The first kappa shape index (κ1) is 10.0. The lowest BCUT2D eigenvalue weighted by molar-refractivity contribution is -0.131. The normalized spacial score (nSPS) is 9.21. The lowest BCUT2D eigenvalue weighted by Crippen LogP contribution is -2.10. The predicted molar refractivity (Wildman–Crippen MR) is 49.4 cm³/mol. The molecule has 0 radical (unpaired) electrons. The largest absolute Gasteiger partial charge is 0.465 e. The van der Waals surface area contributed by atoms with Gasteiger partial charge in [-0.1, -0.05) is 12.1 Å².